The quantitative estimate of drug-likeness (QED) is 0.384. The van der Waals surface area contributed by atoms with Gasteiger partial charge in [-0.15, -0.1) is 0 Å². The van der Waals surface area contributed by atoms with Crippen LogP contribution in [-0.4, -0.2) is 30.4 Å². The Balaban J connectivity index is 1.50. The van der Waals surface area contributed by atoms with E-state index in [-0.39, 0.29) is 0 Å². The molecule has 3 aromatic rings. The summed E-state index contributed by atoms with van der Waals surface area (Å²) >= 11 is 0. The standard InChI is InChI=1S/C28H28O4/c1-4-31-25(28(29)30)17-20-11-13-21(14-12-20)32-16-15-22-23-9-5-7-18(2)26(23)27-19(3)8-6-10-24(22)27/h5-15,25H,4,16-17H2,1-3H3,(H,29,30). The van der Waals surface area contributed by atoms with Crippen molar-refractivity contribution in [2.45, 2.75) is 33.3 Å². The van der Waals surface area contributed by atoms with Crippen molar-refractivity contribution in [2.24, 2.45) is 0 Å². The molecule has 4 rings (SSSR count). The van der Waals surface area contributed by atoms with Gasteiger partial charge in [-0.2, -0.15) is 0 Å². The number of fused-ring (bicyclic) bond motifs is 3. The van der Waals surface area contributed by atoms with E-state index < -0.39 is 12.1 Å². The molecule has 1 N–H and O–H groups in total. The number of hydrogen-bond donors (Lipinski definition) is 1. The maximum atomic E-state index is 11.3. The largest absolute Gasteiger partial charge is 0.490 e. The molecule has 0 heterocycles. The van der Waals surface area contributed by atoms with Crippen LogP contribution in [0.15, 0.2) is 66.7 Å². The molecular weight excluding hydrogens is 400 g/mol. The van der Waals surface area contributed by atoms with Crippen molar-refractivity contribution in [3.8, 4) is 16.9 Å². The predicted molar refractivity (Wildman–Crippen MR) is 127 cm³/mol. The summed E-state index contributed by atoms with van der Waals surface area (Å²) in [6, 6.07) is 20.4. The van der Waals surface area contributed by atoms with E-state index in [1.165, 1.54) is 39.0 Å². The fourth-order valence-electron chi connectivity index (χ4n) is 4.39. The van der Waals surface area contributed by atoms with E-state index in [2.05, 4.69) is 56.3 Å². The second-order valence-electron chi connectivity index (χ2n) is 8.05. The molecule has 0 saturated heterocycles. The van der Waals surface area contributed by atoms with E-state index in [1.807, 2.05) is 24.3 Å². The molecule has 0 aromatic heterocycles. The number of ether oxygens (including phenoxy) is 2. The first-order chi connectivity index (χ1) is 15.5. The number of benzene rings is 3. The van der Waals surface area contributed by atoms with Crippen LogP contribution in [0.2, 0.25) is 0 Å². The van der Waals surface area contributed by atoms with Gasteiger partial charge in [-0.1, -0.05) is 48.5 Å². The zero-order valence-electron chi connectivity index (χ0n) is 18.7. The molecule has 1 atom stereocenters. The number of carboxylic acids is 1. The molecule has 32 heavy (non-hydrogen) atoms. The van der Waals surface area contributed by atoms with Gasteiger partial charge in [0.05, 0.1) is 0 Å². The molecule has 164 valence electrons. The smallest absolute Gasteiger partial charge is 0.333 e. The topological polar surface area (TPSA) is 55.8 Å². The molecular formula is C28H28O4. The Morgan fingerprint density at radius 1 is 0.938 bits per heavy atom. The second kappa shape index (κ2) is 9.41. The fraction of sp³-hybridized carbons (Fsp3) is 0.250. The van der Waals surface area contributed by atoms with Gasteiger partial charge >= 0.3 is 5.97 Å². The zero-order valence-corrected chi connectivity index (χ0v) is 18.7. The molecule has 0 aliphatic heterocycles. The number of carboxylic acid groups (broad SMARTS) is 1. The number of aryl methyl sites for hydroxylation is 2. The Hall–Kier alpha value is -3.37. The van der Waals surface area contributed by atoms with E-state index >= 15 is 0 Å². The van der Waals surface area contributed by atoms with Crippen LogP contribution in [0.3, 0.4) is 0 Å². The Bertz CT molecular complexity index is 1110. The van der Waals surface area contributed by atoms with Gasteiger partial charge in [0.25, 0.3) is 0 Å². The molecule has 3 aromatic carbocycles. The highest BCUT2D eigenvalue weighted by Crippen LogP contribution is 2.47. The van der Waals surface area contributed by atoms with Crippen molar-refractivity contribution >= 4 is 11.5 Å². The first kappa shape index (κ1) is 21.8. The SMILES string of the molecule is CCOC(Cc1ccc(OCC=C2c3cccc(C)c3-c3c(C)cccc32)cc1)C(=O)O. The van der Waals surface area contributed by atoms with Crippen molar-refractivity contribution < 1.29 is 19.4 Å². The van der Waals surface area contributed by atoms with Crippen LogP contribution in [0.1, 0.15) is 34.7 Å². The second-order valence-corrected chi connectivity index (χ2v) is 8.05. The highest BCUT2D eigenvalue weighted by molar-refractivity contribution is 6.03. The highest BCUT2D eigenvalue weighted by atomic mass is 16.5. The summed E-state index contributed by atoms with van der Waals surface area (Å²) in [5, 5.41) is 9.26. The molecule has 4 nitrogen and oxygen atoms in total. The first-order valence-corrected chi connectivity index (χ1v) is 11.0. The fourth-order valence-corrected chi connectivity index (χ4v) is 4.39. The minimum absolute atomic E-state index is 0.333. The summed E-state index contributed by atoms with van der Waals surface area (Å²) in [5.41, 5.74) is 9.82. The Kier molecular flexibility index (Phi) is 6.42. The van der Waals surface area contributed by atoms with Gasteiger partial charge in [-0.25, -0.2) is 4.79 Å². The van der Waals surface area contributed by atoms with Gasteiger partial charge in [0.1, 0.15) is 12.4 Å². The van der Waals surface area contributed by atoms with Crippen LogP contribution in [-0.2, 0) is 16.0 Å². The van der Waals surface area contributed by atoms with E-state index in [0.717, 1.165) is 11.3 Å². The Labute approximate surface area is 189 Å². The molecule has 0 radical (unpaired) electrons. The van der Waals surface area contributed by atoms with E-state index in [0.29, 0.717) is 19.6 Å². The van der Waals surface area contributed by atoms with Gasteiger partial charge in [0.2, 0.25) is 0 Å². The third-order valence-corrected chi connectivity index (χ3v) is 5.90. The van der Waals surface area contributed by atoms with Crippen molar-refractivity contribution in [2.75, 3.05) is 13.2 Å². The number of aliphatic carboxylic acids is 1. The van der Waals surface area contributed by atoms with Crippen LogP contribution in [0, 0.1) is 13.8 Å². The van der Waals surface area contributed by atoms with Crippen LogP contribution in [0.4, 0.5) is 0 Å². The predicted octanol–water partition coefficient (Wildman–Crippen LogP) is 5.83. The third-order valence-electron chi connectivity index (χ3n) is 5.90. The lowest BCUT2D eigenvalue weighted by Gasteiger charge is -2.12. The molecule has 0 bridgehead atoms. The molecule has 4 heteroatoms. The summed E-state index contributed by atoms with van der Waals surface area (Å²) in [4.78, 5) is 11.3. The van der Waals surface area contributed by atoms with E-state index in [1.54, 1.807) is 6.92 Å². The van der Waals surface area contributed by atoms with Gasteiger partial charge < -0.3 is 14.6 Å². The molecule has 1 aliphatic rings. The summed E-state index contributed by atoms with van der Waals surface area (Å²) in [6.45, 7) is 6.95. The maximum absolute atomic E-state index is 11.3. The van der Waals surface area contributed by atoms with Crippen molar-refractivity contribution in [1.29, 1.82) is 0 Å². The van der Waals surface area contributed by atoms with E-state index in [4.69, 9.17) is 9.47 Å². The average molecular weight is 429 g/mol. The third kappa shape index (κ3) is 4.32. The maximum Gasteiger partial charge on any atom is 0.333 e. The Morgan fingerprint density at radius 2 is 1.53 bits per heavy atom. The molecule has 1 aliphatic carbocycles. The summed E-state index contributed by atoms with van der Waals surface area (Å²) < 4.78 is 11.3. The minimum Gasteiger partial charge on any atom is -0.490 e. The van der Waals surface area contributed by atoms with Gasteiger partial charge in [-0.05, 0) is 83.5 Å². The van der Waals surface area contributed by atoms with Gasteiger partial charge in [0, 0.05) is 13.0 Å². The summed E-state index contributed by atoms with van der Waals surface area (Å²) in [7, 11) is 0. The molecule has 0 fully saturated rings. The molecule has 0 spiro atoms. The number of hydrogen-bond acceptors (Lipinski definition) is 3. The summed E-state index contributed by atoms with van der Waals surface area (Å²) in [6.07, 6.45) is 1.65. The number of rotatable bonds is 8. The van der Waals surface area contributed by atoms with Crippen LogP contribution < -0.4 is 4.74 Å². The molecule has 0 saturated carbocycles. The van der Waals surface area contributed by atoms with Gasteiger partial charge in [-0.3, -0.25) is 0 Å². The summed E-state index contributed by atoms with van der Waals surface area (Å²) in [5.74, 6) is -0.192. The lowest BCUT2D eigenvalue weighted by molar-refractivity contribution is -0.149. The van der Waals surface area contributed by atoms with Gasteiger partial charge in [0.15, 0.2) is 6.10 Å². The van der Waals surface area contributed by atoms with Crippen molar-refractivity contribution in [1.82, 2.24) is 0 Å². The van der Waals surface area contributed by atoms with Crippen LogP contribution >= 0.6 is 0 Å². The van der Waals surface area contributed by atoms with E-state index in [9.17, 15) is 9.90 Å². The first-order valence-electron chi connectivity index (χ1n) is 11.0. The Morgan fingerprint density at radius 3 is 2.06 bits per heavy atom. The van der Waals surface area contributed by atoms with Crippen LogP contribution in [0.5, 0.6) is 5.75 Å². The normalized spacial score (nSPS) is 12.8. The lowest BCUT2D eigenvalue weighted by atomic mass is 9.97. The molecule has 1 unspecified atom stereocenters. The lowest BCUT2D eigenvalue weighted by Crippen LogP contribution is -2.26. The van der Waals surface area contributed by atoms with Crippen LogP contribution in [0.25, 0.3) is 16.7 Å². The minimum atomic E-state index is -0.943. The molecule has 0 amide bonds. The zero-order chi connectivity index (χ0) is 22.7. The van der Waals surface area contributed by atoms with Crippen molar-refractivity contribution in [3.63, 3.8) is 0 Å². The highest BCUT2D eigenvalue weighted by Gasteiger charge is 2.25. The monoisotopic (exact) mass is 428 g/mol. The average Bonchev–Trinajstić information content (AvgIpc) is 3.11. The van der Waals surface area contributed by atoms with Crippen molar-refractivity contribution in [3.05, 3.63) is 94.6 Å². The number of carbonyl (C=O) groups is 1.